The predicted molar refractivity (Wildman–Crippen MR) is 115 cm³/mol. The van der Waals surface area contributed by atoms with Gasteiger partial charge in [-0.1, -0.05) is 24.3 Å². The number of H-pyrrole nitrogens is 1. The molecule has 150 valence electrons. The van der Waals surface area contributed by atoms with Gasteiger partial charge in [-0.15, -0.1) is 0 Å². The van der Waals surface area contributed by atoms with Gasteiger partial charge in [0.15, 0.2) is 5.58 Å². The first kappa shape index (κ1) is 19.0. The summed E-state index contributed by atoms with van der Waals surface area (Å²) in [5, 5.41) is 8.31. The molecule has 0 radical (unpaired) electrons. The molecule has 4 N–H and O–H groups in total. The number of hydrogen-bond donors (Lipinski definition) is 4. The fraction of sp³-hybridized carbons (Fsp3) is 0.0455. The number of anilines is 3. The Morgan fingerprint density at radius 1 is 0.867 bits per heavy atom. The van der Waals surface area contributed by atoms with Crippen LogP contribution >= 0.6 is 0 Å². The van der Waals surface area contributed by atoms with E-state index in [1.54, 1.807) is 48.5 Å². The third-order valence-corrected chi connectivity index (χ3v) is 4.46. The molecule has 8 nitrogen and oxygen atoms in total. The fourth-order valence-corrected chi connectivity index (χ4v) is 2.94. The molecule has 0 atom stereocenters. The minimum atomic E-state index is -0.578. The van der Waals surface area contributed by atoms with Crippen LogP contribution in [0.3, 0.4) is 0 Å². The Morgan fingerprint density at radius 2 is 1.63 bits per heavy atom. The minimum Gasteiger partial charge on any atom is -0.408 e. The largest absolute Gasteiger partial charge is 0.417 e. The van der Waals surface area contributed by atoms with Crippen LogP contribution in [0.5, 0.6) is 0 Å². The fourth-order valence-electron chi connectivity index (χ4n) is 2.94. The van der Waals surface area contributed by atoms with Gasteiger partial charge in [-0.25, -0.2) is 9.59 Å². The molecular weight excluding hydrogens is 384 g/mol. The lowest BCUT2D eigenvalue weighted by Gasteiger charge is -2.12. The van der Waals surface area contributed by atoms with Crippen molar-refractivity contribution in [2.45, 2.75) is 6.92 Å². The number of amides is 3. The molecule has 0 bridgehead atoms. The van der Waals surface area contributed by atoms with Gasteiger partial charge in [-0.3, -0.25) is 9.78 Å². The number of hydrogen-bond acceptors (Lipinski definition) is 4. The summed E-state index contributed by atoms with van der Waals surface area (Å²) >= 11 is 0. The molecule has 0 spiro atoms. The Bertz CT molecular complexity index is 1290. The van der Waals surface area contributed by atoms with E-state index in [4.69, 9.17) is 4.42 Å². The van der Waals surface area contributed by atoms with Crippen molar-refractivity contribution in [3.8, 4) is 0 Å². The molecule has 0 saturated carbocycles. The molecule has 1 aromatic heterocycles. The van der Waals surface area contributed by atoms with Crippen molar-refractivity contribution >= 4 is 40.1 Å². The number of fused-ring (bicyclic) bond motifs is 1. The molecule has 0 aliphatic rings. The van der Waals surface area contributed by atoms with Crippen molar-refractivity contribution in [3.63, 3.8) is 0 Å². The highest BCUT2D eigenvalue weighted by atomic mass is 16.4. The first-order chi connectivity index (χ1) is 14.5. The van der Waals surface area contributed by atoms with Gasteiger partial charge in [0.05, 0.1) is 5.52 Å². The maximum absolute atomic E-state index is 12.7. The van der Waals surface area contributed by atoms with E-state index in [1.807, 2.05) is 25.1 Å². The molecule has 0 aliphatic heterocycles. The van der Waals surface area contributed by atoms with Crippen LogP contribution in [-0.2, 0) is 0 Å². The Morgan fingerprint density at radius 3 is 2.43 bits per heavy atom. The van der Waals surface area contributed by atoms with E-state index in [9.17, 15) is 14.4 Å². The van der Waals surface area contributed by atoms with Crippen molar-refractivity contribution in [2.24, 2.45) is 0 Å². The monoisotopic (exact) mass is 402 g/mol. The third-order valence-electron chi connectivity index (χ3n) is 4.46. The number of aromatic amines is 1. The zero-order chi connectivity index (χ0) is 21.1. The van der Waals surface area contributed by atoms with Gasteiger partial charge in [0, 0.05) is 22.6 Å². The molecule has 30 heavy (non-hydrogen) atoms. The number of urea groups is 1. The lowest BCUT2D eigenvalue weighted by molar-refractivity contribution is 0.102. The van der Waals surface area contributed by atoms with Crippen LogP contribution in [-0.4, -0.2) is 16.9 Å². The van der Waals surface area contributed by atoms with Crippen LogP contribution < -0.4 is 21.7 Å². The van der Waals surface area contributed by atoms with Gasteiger partial charge in [-0.2, -0.15) is 0 Å². The maximum atomic E-state index is 12.7. The van der Waals surface area contributed by atoms with Crippen LogP contribution in [0.4, 0.5) is 21.9 Å². The highest BCUT2D eigenvalue weighted by molar-refractivity contribution is 6.07. The highest BCUT2D eigenvalue weighted by Gasteiger charge is 2.12. The zero-order valence-electron chi connectivity index (χ0n) is 16.0. The number of rotatable bonds is 4. The second kappa shape index (κ2) is 7.96. The Hall–Kier alpha value is -4.33. The normalized spacial score (nSPS) is 10.6. The van der Waals surface area contributed by atoms with Crippen molar-refractivity contribution in [2.75, 3.05) is 16.0 Å². The first-order valence-corrected chi connectivity index (χ1v) is 9.16. The molecule has 8 heteroatoms. The summed E-state index contributed by atoms with van der Waals surface area (Å²) < 4.78 is 4.95. The maximum Gasteiger partial charge on any atom is 0.417 e. The summed E-state index contributed by atoms with van der Waals surface area (Å²) in [7, 11) is 0. The summed E-state index contributed by atoms with van der Waals surface area (Å²) in [6.45, 7) is 1.85. The molecule has 0 saturated heterocycles. The van der Waals surface area contributed by atoms with Gasteiger partial charge >= 0.3 is 11.8 Å². The van der Waals surface area contributed by atoms with E-state index < -0.39 is 11.8 Å². The van der Waals surface area contributed by atoms with Crippen LogP contribution in [0, 0.1) is 6.92 Å². The van der Waals surface area contributed by atoms with E-state index in [2.05, 4.69) is 20.9 Å². The summed E-state index contributed by atoms with van der Waals surface area (Å²) in [6.07, 6.45) is 0. The van der Waals surface area contributed by atoms with Gasteiger partial charge in [0.2, 0.25) is 0 Å². The van der Waals surface area contributed by atoms with E-state index in [-0.39, 0.29) is 5.91 Å². The van der Waals surface area contributed by atoms with Crippen LogP contribution in [0.15, 0.2) is 75.9 Å². The van der Waals surface area contributed by atoms with Gasteiger partial charge in [0.25, 0.3) is 5.91 Å². The number of nitrogens with one attached hydrogen (secondary N) is 4. The summed E-state index contributed by atoms with van der Waals surface area (Å²) in [5.74, 6) is -0.932. The quantitative estimate of drug-likeness (QED) is 0.407. The smallest absolute Gasteiger partial charge is 0.408 e. The number of para-hydroxylation sites is 1. The number of carbonyl (C=O) groups is 2. The van der Waals surface area contributed by atoms with E-state index in [1.165, 1.54) is 0 Å². The van der Waals surface area contributed by atoms with E-state index in [0.717, 1.165) is 5.56 Å². The van der Waals surface area contributed by atoms with E-state index >= 15 is 0 Å². The lowest BCUT2D eigenvalue weighted by Crippen LogP contribution is -2.19. The SMILES string of the molecule is Cc1ccc(NC(=O)Nc2ccccc2)cc1NC(=O)c1ccc2oc(=O)[nH]c2c1. The second-order valence-corrected chi connectivity index (χ2v) is 6.65. The predicted octanol–water partition coefficient (Wildman–Crippen LogP) is 4.33. The molecule has 4 rings (SSSR count). The Kier molecular flexibility index (Phi) is 5.04. The Balaban J connectivity index is 1.48. The van der Waals surface area contributed by atoms with Gasteiger partial charge in [-0.05, 0) is 55.0 Å². The molecule has 0 aliphatic carbocycles. The summed E-state index contributed by atoms with van der Waals surface area (Å²) in [6, 6.07) is 18.6. The molecule has 0 unspecified atom stereocenters. The van der Waals surface area contributed by atoms with Crippen molar-refractivity contribution < 1.29 is 14.0 Å². The number of oxazole rings is 1. The van der Waals surface area contributed by atoms with Crippen LogP contribution in [0.25, 0.3) is 11.1 Å². The molecule has 0 fully saturated rings. The topological polar surface area (TPSA) is 116 Å². The zero-order valence-corrected chi connectivity index (χ0v) is 16.0. The average Bonchev–Trinajstić information content (AvgIpc) is 3.10. The van der Waals surface area contributed by atoms with Gasteiger partial charge in [0.1, 0.15) is 0 Å². The standard InChI is InChI=1S/C22H18N4O4/c1-13-7-9-16(24-21(28)23-15-5-3-2-4-6-15)12-17(13)25-20(27)14-8-10-19-18(11-14)26-22(29)30-19/h2-12H,1H3,(H,25,27)(H,26,29)(H2,23,24,28). The van der Waals surface area contributed by atoms with Crippen LogP contribution in [0.2, 0.25) is 0 Å². The number of benzene rings is 3. The van der Waals surface area contributed by atoms with Crippen LogP contribution in [0.1, 0.15) is 15.9 Å². The molecular formula is C22H18N4O4. The van der Waals surface area contributed by atoms with Crippen molar-refractivity contribution in [3.05, 3.63) is 88.4 Å². The second-order valence-electron chi connectivity index (χ2n) is 6.65. The Labute approximate surface area is 170 Å². The molecule has 4 aromatic rings. The highest BCUT2D eigenvalue weighted by Crippen LogP contribution is 2.22. The average molecular weight is 402 g/mol. The summed E-state index contributed by atoms with van der Waals surface area (Å²) in [5.41, 5.74) is 3.76. The number of carbonyl (C=O) groups excluding carboxylic acids is 2. The number of aryl methyl sites for hydroxylation is 1. The lowest BCUT2D eigenvalue weighted by atomic mass is 10.1. The third kappa shape index (κ3) is 4.22. The van der Waals surface area contributed by atoms with Gasteiger partial charge < -0.3 is 20.4 Å². The van der Waals surface area contributed by atoms with Crippen molar-refractivity contribution in [1.82, 2.24) is 4.98 Å². The van der Waals surface area contributed by atoms with Crippen molar-refractivity contribution in [1.29, 1.82) is 0 Å². The molecule has 3 amide bonds. The molecule has 3 aromatic carbocycles. The van der Waals surface area contributed by atoms with E-state index in [0.29, 0.717) is 33.7 Å². The number of aromatic nitrogens is 1. The summed E-state index contributed by atoms with van der Waals surface area (Å²) in [4.78, 5) is 38.7. The molecule has 1 heterocycles. The minimum absolute atomic E-state index is 0.354. The first-order valence-electron chi connectivity index (χ1n) is 9.16.